The summed E-state index contributed by atoms with van der Waals surface area (Å²) in [4.78, 5) is 35.7. The summed E-state index contributed by atoms with van der Waals surface area (Å²) in [6.07, 6.45) is 1.74. The maximum Gasteiger partial charge on any atom is 0.265 e. The van der Waals surface area contributed by atoms with E-state index in [-0.39, 0.29) is 25.0 Å². The van der Waals surface area contributed by atoms with Crippen molar-refractivity contribution in [1.82, 2.24) is 15.3 Å². The fourth-order valence-electron chi connectivity index (χ4n) is 3.54. The smallest absolute Gasteiger partial charge is 0.265 e. The number of ether oxygens (including phenoxy) is 1. The Hall–Kier alpha value is -4.04. The van der Waals surface area contributed by atoms with Crippen LogP contribution < -0.4 is 15.0 Å². The zero-order valence-corrected chi connectivity index (χ0v) is 18.4. The normalized spacial score (nSPS) is 12.7. The fourth-order valence-corrected chi connectivity index (χ4v) is 4.35. The minimum atomic E-state index is -0.262. The lowest BCUT2D eigenvalue weighted by Gasteiger charge is -2.29. The third kappa shape index (κ3) is 4.61. The van der Waals surface area contributed by atoms with E-state index in [1.165, 1.54) is 16.2 Å². The molecule has 2 aromatic carbocycles. The zero-order valence-electron chi connectivity index (χ0n) is 17.6. The van der Waals surface area contributed by atoms with E-state index in [1.807, 2.05) is 72.1 Å². The van der Waals surface area contributed by atoms with Crippen molar-refractivity contribution in [2.24, 2.45) is 0 Å². The standard InChI is InChI=1S/C25H20N4O3S/c30-23(27-13-17-6-2-1-3-7-17)14-29-21-12-18(9-10-22(21)32-15-24(29)31)20-16-33-25(28-20)19-8-4-5-11-26-19/h1-12,16H,13-15H2,(H,27,30). The minimum Gasteiger partial charge on any atom is -0.482 e. The van der Waals surface area contributed by atoms with Crippen molar-refractivity contribution in [2.75, 3.05) is 18.1 Å². The molecule has 0 saturated carbocycles. The molecular weight excluding hydrogens is 436 g/mol. The third-order valence-electron chi connectivity index (χ3n) is 5.22. The molecule has 7 nitrogen and oxygen atoms in total. The summed E-state index contributed by atoms with van der Waals surface area (Å²) >= 11 is 1.50. The van der Waals surface area contributed by atoms with E-state index >= 15 is 0 Å². The number of benzene rings is 2. The first-order valence-electron chi connectivity index (χ1n) is 10.4. The third-order valence-corrected chi connectivity index (χ3v) is 6.08. The Morgan fingerprint density at radius 3 is 2.73 bits per heavy atom. The predicted octanol–water partition coefficient (Wildman–Crippen LogP) is 3.91. The van der Waals surface area contributed by atoms with Crippen molar-refractivity contribution in [2.45, 2.75) is 6.54 Å². The van der Waals surface area contributed by atoms with Gasteiger partial charge in [-0.1, -0.05) is 36.4 Å². The van der Waals surface area contributed by atoms with Gasteiger partial charge in [-0.25, -0.2) is 4.98 Å². The summed E-state index contributed by atoms with van der Waals surface area (Å²) in [7, 11) is 0. The number of fused-ring (bicyclic) bond motifs is 1. The molecule has 0 aliphatic carbocycles. The van der Waals surface area contributed by atoms with Crippen molar-refractivity contribution < 1.29 is 14.3 Å². The van der Waals surface area contributed by atoms with E-state index in [9.17, 15) is 9.59 Å². The molecule has 0 saturated heterocycles. The summed E-state index contributed by atoms with van der Waals surface area (Å²) in [5, 5.41) is 5.64. The molecule has 1 aliphatic rings. The number of hydrogen-bond acceptors (Lipinski definition) is 6. The van der Waals surface area contributed by atoms with Crippen LogP contribution in [0, 0.1) is 0 Å². The van der Waals surface area contributed by atoms with Gasteiger partial charge < -0.3 is 10.1 Å². The lowest BCUT2D eigenvalue weighted by molar-refractivity contribution is -0.125. The van der Waals surface area contributed by atoms with Gasteiger partial charge >= 0.3 is 0 Å². The van der Waals surface area contributed by atoms with Crippen LogP contribution in [0.2, 0.25) is 0 Å². The summed E-state index contributed by atoms with van der Waals surface area (Å²) < 4.78 is 5.59. The summed E-state index contributed by atoms with van der Waals surface area (Å²) in [5.41, 5.74) is 3.97. The van der Waals surface area contributed by atoms with Crippen molar-refractivity contribution in [3.8, 4) is 27.7 Å². The zero-order chi connectivity index (χ0) is 22.6. The van der Waals surface area contributed by atoms with E-state index in [4.69, 9.17) is 9.72 Å². The second-order valence-electron chi connectivity index (χ2n) is 7.47. The number of carbonyl (C=O) groups excluding carboxylic acids is 2. The molecule has 8 heteroatoms. The van der Waals surface area contributed by atoms with Gasteiger partial charge in [-0.15, -0.1) is 11.3 Å². The van der Waals surface area contributed by atoms with Gasteiger partial charge in [-0.2, -0.15) is 0 Å². The Labute approximate surface area is 194 Å². The molecule has 0 bridgehead atoms. The number of thiazole rings is 1. The molecule has 0 spiro atoms. The topological polar surface area (TPSA) is 84.4 Å². The van der Waals surface area contributed by atoms with E-state index in [2.05, 4.69) is 10.3 Å². The van der Waals surface area contributed by atoms with E-state index in [1.54, 1.807) is 6.20 Å². The summed E-state index contributed by atoms with van der Waals surface area (Å²) in [6.45, 7) is 0.223. The Morgan fingerprint density at radius 1 is 1.06 bits per heavy atom. The second kappa shape index (κ2) is 9.22. The Kier molecular flexibility index (Phi) is 5.82. The average Bonchev–Trinajstić information content (AvgIpc) is 3.36. The van der Waals surface area contributed by atoms with Crippen LogP contribution in [0.4, 0.5) is 5.69 Å². The predicted molar refractivity (Wildman–Crippen MR) is 127 cm³/mol. The Balaban J connectivity index is 1.36. The molecule has 0 fully saturated rings. The maximum atomic E-state index is 12.6. The SMILES string of the molecule is O=C(CN1C(=O)COc2ccc(-c3csc(-c4ccccn4)n3)cc21)NCc1ccccc1. The second-order valence-corrected chi connectivity index (χ2v) is 8.32. The first-order chi connectivity index (χ1) is 16.2. The van der Waals surface area contributed by atoms with E-state index < -0.39 is 0 Å². The highest BCUT2D eigenvalue weighted by Gasteiger charge is 2.28. The van der Waals surface area contributed by atoms with Gasteiger partial charge in [-0.3, -0.25) is 19.5 Å². The molecule has 0 unspecified atom stereocenters. The molecule has 5 rings (SSSR count). The Morgan fingerprint density at radius 2 is 1.91 bits per heavy atom. The van der Waals surface area contributed by atoms with Crippen LogP contribution in [0.5, 0.6) is 5.75 Å². The van der Waals surface area contributed by atoms with Gasteiger partial charge in [0.25, 0.3) is 5.91 Å². The quantitative estimate of drug-likeness (QED) is 0.476. The van der Waals surface area contributed by atoms with Crippen molar-refractivity contribution in [1.29, 1.82) is 0 Å². The van der Waals surface area contributed by atoms with Crippen LogP contribution in [0.15, 0.2) is 78.3 Å². The molecule has 0 radical (unpaired) electrons. The van der Waals surface area contributed by atoms with Crippen LogP contribution >= 0.6 is 11.3 Å². The monoisotopic (exact) mass is 456 g/mol. The van der Waals surface area contributed by atoms with Crippen LogP contribution in [0.1, 0.15) is 5.56 Å². The molecule has 33 heavy (non-hydrogen) atoms. The van der Waals surface area contributed by atoms with Gasteiger partial charge in [0.15, 0.2) is 6.61 Å². The van der Waals surface area contributed by atoms with Crippen LogP contribution in [0.3, 0.4) is 0 Å². The number of pyridine rings is 1. The number of hydrogen-bond donors (Lipinski definition) is 1. The maximum absolute atomic E-state index is 12.6. The fraction of sp³-hybridized carbons (Fsp3) is 0.120. The lowest BCUT2D eigenvalue weighted by Crippen LogP contribution is -2.45. The summed E-state index contributed by atoms with van der Waals surface area (Å²) in [5.74, 6) is 0.0629. The van der Waals surface area contributed by atoms with Gasteiger partial charge in [0, 0.05) is 23.7 Å². The molecule has 3 heterocycles. The molecule has 4 aromatic rings. The highest BCUT2D eigenvalue weighted by atomic mass is 32.1. The molecule has 2 amide bonds. The van der Waals surface area contributed by atoms with Gasteiger partial charge in [0.2, 0.25) is 5.91 Å². The van der Waals surface area contributed by atoms with Crippen molar-refractivity contribution >= 4 is 28.8 Å². The molecule has 1 aliphatic heterocycles. The number of rotatable bonds is 6. The molecule has 2 aromatic heterocycles. The van der Waals surface area contributed by atoms with Gasteiger partial charge in [-0.05, 0) is 35.9 Å². The van der Waals surface area contributed by atoms with Crippen LogP contribution in [-0.4, -0.2) is 34.9 Å². The number of amides is 2. The highest BCUT2D eigenvalue weighted by molar-refractivity contribution is 7.13. The molecule has 0 atom stereocenters. The van der Waals surface area contributed by atoms with Gasteiger partial charge in [0.05, 0.1) is 17.1 Å². The number of aromatic nitrogens is 2. The highest BCUT2D eigenvalue weighted by Crippen LogP contribution is 2.37. The Bertz CT molecular complexity index is 1290. The number of anilines is 1. The largest absolute Gasteiger partial charge is 0.482 e. The van der Waals surface area contributed by atoms with E-state index in [0.29, 0.717) is 18.0 Å². The number of carbonyl (C=O) groups is 2. The minimum absolute atomic E-state index is 0.0816. The first-order valence-corrected chi connectivity index (χ1v) is 11.3. The molecule has 1 N–H and O–H groups in total. The van der Waals surface area contributed by atoms with Gasteiger partial charge in [0.1, 0.15) is 17.3 Å². The van der Waals surface area contributed by atoms with Crippen LogP contribution in [0.25, 0.3) is 22.0 Å². The van der Waals surface area contributed by atoms with Crippen molar-refractivity contribution in [3.05, 3.63) is 83.9 Å². The number of nitrogens with zero attached hydrogens (tertiary/aromatic N) is 3. The number of nitrogens with one attached hydrogen (secondary N) is 1. The van der Waals surface area contributed by atoms with Crippen LogP contribution in [-0.2, 0) is 16.1 Å². The summed E-state index contributed by atoms with van der Waals surface area (Å²) in [6, 6.07) is 20.9. The lowest BCUT2D eigenvalue weighted by atomic mass is 10.1. The van der Waals surface area contributed by atoms with E-state index in [0.717, 1.165) is 27.5 Å². The molecule has 164 valence electrons. The average molecular weight is 457 g/mol. The van der Waals surface area contributed by atoms with Crippen molar-refractivity contribution in [3.63, 3.8) is 0 Å². The first kappa shape index (κ1) is 20.8. The molecular formula is C25H20N4O3S.